The molecule has 0 radical (unpaired) electrons. The Labute approximate surface area is 212 Å². The van der Waals surface area contributed by atoms with Crippen LogP contribution in [0.4, 0.5) is 27.6 Å². The Balaban J connectivity index is 2.11. The standard InChI is InChI=1S/C24H20ClF5N2O5/c1-4-17-20(23(34)35-5-2)37-22(31-17)12-10-18(36-11(3)24(28,29)30)13(9-16(12)27)21(33)32-19-14(25)7-6-8-15(19)26/h6-11H,4-5H2,1-3H3,(H,32,33)/t11-/m0/s1. The van der Waals surface area contributed by atoms with Gasteiger partial charge in [0.25, 0.3) is 5.91 Å². The molecule has 1 aromatic heterocycles. The van der Waals surface area contributed by atoms with Crippen LogP contribution in [-0.2, 0) is 11.2 Å². The van der Waals surface area contributed by atoms with Crippen LogP contribution in [0.2, 0.25) is 5.02 Å². The van der Waals surface area contributed by atoms with Gasteiger partial charge < -0.3 is 19.2 Å². The van der Waals surface area contributed by atoms with Crippen molar-refractivity contribution in [3.8, 4) is 17.2 Å². The highest BCUT2D eigenvalue weighted by Crippen LogP contribution is 2.35. The van der Waals surface area contributed by atoms with Crippen molar-refractivity contribution in [1.82, 2.24) is 4.98 Å². The Kier molecular flexibility index (Phi) is 8.42. The number of para-hydroxylation sites is 1. The van der Waals surface area contributed by atoms with E-state index < -0.39 is 64.2 Å². The SMILES string of the molecule is CCOC(=O)c1oc(-c2cc(O[C@@H](C)C(F)(F)F)c(C(=O)Nc3c(F)cccc3Cl)cc2F)nc1CC. The molecule has 0 aliphatic rings. The fourth-order valence-corrected chi connectivity index (χ4v) is 3.32. The van der Waals surface area contributed by atoms with Gasteiger partial charge in [0.15, 0.2) is 6.10 Å². The molecule has 2 aromatic carbocycles. The number of hydrogen-bond donors (Lipinski definition) is 1. The first kappa shape index (κ1) is 27.9. The minimum Gasteiger partial charge on any atom is -0.480 e. The summed E-state index contributed by atoms with van der Waals surface area (Å²) in [5.41, 5.74) is -1.53. The Bertz CT molecular complexity index is 1310. The molecule has 1 N–H and O–H groups in total. The number of nitrogens with one attached hydrogen (secondary N) is 1. The van der Waals surface area contributed by atoms with Crippen molar-refractivity contribution in [3.63, 3.8) is 0 Å². The number of rotatable bonds is 8. The largest absolute Gasteiger partial charge is 0.480 e. The molecule has 1 atom stereocenters. The summed E-state index contributed by atoms with van der Waals surface area (Å²) in [6.45, 7) is 3.90. The van der Waals surface area contributed by atoms with Crippen LogP contribution in [-0.4, -0.2) is 35.7 Å². The van der Waals surface area contributed by atoms with Crippen LogP contribution in [0, 0.1) is 11.6 Å². The van der Waals surface area contributed by atoms with Crippen LogP contribution in [0.25, 0.3) is 11.5 Å². The molecule has 13 heteroatoms. The lowest BCUT2D eigenvalue weighted by molar-refractivity contribution is -0.189. The van der Waals surface area contributed by atoms with Crippen LogP contribution in [0.15, 0.2) is 34.7 Å². The summed E-state index contributed by atoms with van der Waals surface area (Å²) in [5.74, 6) is -5.60. The van der Waals surface area contributed by atoms with Crippen molar-refractivity contribution >= 4 is 29.2 Å². The van der Waals surface area contributed by atoms with E-state index in [-0.39, 0.29) is 29.5 Å². The molecular formula is C24H20ClF5N2O5. The molecular weight excluding hydrogens is 527 g/mol. The van der Waals surface area contributed by atoms with E-state index in [1.54, 1.807) is 13.8 Å². The van der Waals surface area contributed by atoms with Crippen molar-refractivity contribution in [2.45, 2.75) is 39.5 Å². The molecule has 0 aliphatic heterocycles. The van der Waals surface area contributed by atoms with E-state index in [1.807, 2.05) is 0 Å². The third-order valence-electron chi connectivity index (χ3n) is 5.00. The van der Waals surface area contributed by atoms with Crippen molar-refractivity contribution in [3.05, 3.63) is 64.0 Å². The highest BCUT2D eigenvalue weighted by Gasteiger charge is 2.39. The number of carbonyl (C=O) groups excluding carboxylic acids is 2. The Morgan fingerprint density at radius 2 is 1.86 bits per heavy atom. The number of carbonyl (C=O) groups is 2. The molecule has 0 fully saturated rings. The number of halogens is 6. The Morgan fingerprint density at radius 1 is 1.16 bits per heavy atom. The zero-order chi connectivity index (χ0) is 27.5. The first-order chi connectivity index (χ1) is 17.4. The zero-order valence-electron chi connectivity index (χ0n) is 19.6. The van der Waals surface area contributed by atoms with E-state index in [9.17, 15) is 27.2 Å². The number of amides is 1. The molecule has 3 aromatic rings. The molecule has 3 rings (SSSR count). The van der Waals surface area contributed by atoms with Crippen LogP contribution >= 0.6 is 11.6 Å². The van der Waals surface area contributed by atoms with Crippen LogP contribution in [0.5, 0.6) is 5.75 Å². The molecule has 0 saturated heterocycles. The normalized spacial score (nSPS) is 12.2. The van der Waals surface area contributed by atoms with E-state index in [4.69, 9.17) is 25.5 Å². The maximum atomic E-state index is 15.2. The third kappa shape index (κ3) is 6.19. The molecule has 0 bridgehead atoms. The number of nitrogens with zero attached hydrogens (tertiary/aromatic N) is 1. The average molecular weight is 547 g/mol. The van der Waals surface area contributed by atoms with E-state index in [1.165, 1.54) is 12.1 Å². The lowest BCUT2D eigenvalue weighted by atomic mass is 10.1. The van der Waals surface area contributed by atoms with Gasteiger partial charge in [0.05, 0.1) is 34.1 Å². The van der Waals surface area contributed by atoms with Gasteiger partial charge >= 0.3 is 12.1 Å². The van der Waals surface area contributed by atoms with Gasteiger partial charge in [-0.3, -0.25) is 4.79 Å². The van der Waals surface area contributed by atoms with Gasteiger partial charge in [0.2, 0.25) is 11.7 Å². The summed E-state index contributed by atoms with van der Waals surface area (Å²) in [6, 6.07) is 4.88. The molecule has 198 valence electrons. The average Bonchev–Trinajstić information content (AvgIpc) is 3.26. The number of benzene rings is 2. The maximum absolute atomic E-state index is 15.2. The predicted molar refractivity (Wildman–Crippen MR) is 123 cm³/mol. The molecule has 0 unspecified atom stereocenters. The number of aryl methyl sites for hydroxylation is 1. The van der Waals surface area contributed by atoms with Crippen LogP contribution < -0.4 is 10.1 Å². The van der Waals surface area contributed by atoms with E-state index in [0.29, 0.717) is 13.0 Å². The van der Waals surface area contributed by atoms with Crippen molar-refractivity contribution in [2.75, 3.05) is 11.9 Å². The topological polar surface area (TPSA) is 90.7 Å². The molecule has 1 heterocycles. The second-order valence-corrected chi connectivity index (χ2v) is 7.96. The number of alkyl halides is 3. The number of anilines is 1. The van der Waals surface area contributed by atoms with E-state index >= 15 is 4.39 Å². The first-order valence-corrected chi connectivity index (χ1v) is 11.2. The van der Waals surface area contributed by atoms with Gasteiger partial charge in [-0.2, -0.15) is 13.2 Å². The van der Waals surface area contributed by atoms with Gasteiger partial charge in [-0.15, -0.1) is 0 Å². The molecule has 1 amide bonds. The number of esters is 1. The van der Waals surface area contributed by atoms with Crippen molar-refractivity contribution < 1.29 is 45.4 Å². The van der Waals surface area contributed by atoms with E-state index in [0.717, 1.165) is 12.1 Å². The molecule has 0 aliphatic carbocycles. The van der Waals surface area contributed by atoms with Gasteiger partial charge in [-0.1, -0.05) is 24.6 Å². The van der Waals surface area contributed by atoms with Crippen LogP contribution in [0.3, 0.4) is 0 Å². The smallest absolute Gasteiger partial charge is 0.425 e. The minimum atomic E-state index is -4.84. The Morgan fingerprint density at radius 3 is 2.46 bits per heavy atom. The molecule has 0 spiro atoms. The maximum Gasteiger partial charge on any atom is 0.425 e. The lowest BCUT2D eigenvalue weighted by Crippen LogP contribution is -2.32. The quantitative estimate of drug-likeness (QED) is 0.253. The Hall–Kier alpha value is -3.67. The zero-order valence-corrected chi connectivity index (χ0v) is 20.4. The van der Waals surface area contributed by atoms with Crippen molar-refractivity contribution in [2.24, 2.45) is 0 Å². The van der Waals surface area contributed by atoms with Gasteiger partial charge in [-0.05, 0) is 44.5 Å². The fraction of sp³-hybridized carbons (Fsp3) is 0.292. The molecule has 7 nitrogen and oxygen atoms in total. The summed E-state index contributed by atoms with van der Waals surface area (Å²) in [7, 11) is 0. The van der Waals surface area contributed by atoms with Gasteiger partial charge in [-0.25, -0.2) is 18.6 Å². The summed E-state index contributed by atoms with van der Waals surface area (Å²) < 4.78 is 84.2. The summed E-state index contributed by atoms with van der Waals surface area (Å²) >= 11 is 5.89. The number of oxazole rings is 1. The lowest BCUT2D eigenvalue weighted by Gasteiger charge is -2.20. The number of hydrogen-bond acceptors (Lipinski definition) is 6. The van der Waals surface area contributed by atoms with Gasteiger partial charge in [0.1, 0.15) is 17.4 Å². The third-order valence-corrected chi connectivity index (χ3v) is 5.32. The molecule has 37 heavy (non-hydrogen) atoms. The highest BCUT2D eigenvalue weighted by atomic mass is 35.5. The highest BCUT2D eigenvalue weighted by molar-refractivity contribution is 6.34. The number of ether oxygens (including phenoxy) is 2. The monoisotopic (exact) mass is 546 g/mol. The second-order valence-electron chi connectivity index (χ2n) is 7.55. The summed E-state index contributed by atoms with van der Waals surface area (Å²) in [6.07, 6.45) is -7.07. The number of aromatic nitrogens is 1. The van der Waals surface area contributed by atoms with E-state index in [2.05, 4.69) is 10.3 Å². The fourth-order valence-electron chi connectivity index (χ4n) is 3.11. The van der Waals surface area contributed by atoms with Crippen LogP contribution in [0.1, 0.15) is 47.4 Å². The predicted octanol–water partition coefficient (Wildman–Crippen LogP) is 6.59. The van der Waals surface area contributed by atoms with Gasteiger partial charge in [0, 0.05) is 0 Å². The first-order valence-electron chi connectivity index (χ1n) is 10.9. The second kappa shape index (κ2) is 11.2. The summed E-state index contributed by atoms with van der Waals surface area (Å²) in [4.78, 5) is 29.1. The molecule has 0 saturated carbocycles. The van der Waals surface area contributed by atoms with Crippen molar-refractivity contribution in [1.29, 1.82) is 0 Å². The summed E-state index contributed by atoms with van der Waals surface area (Å²) in [5, 5.41) is 1.91. The minimum absolute atomic E-state index is 0.0233.